The molecule has 2 aliphatic heterocycles. The normalized spacial score (nSPS) is 23.7. The lowest BCUT2D eigenvalue weighted by Gasteiger charge is -2.43. The monoisotopic (exact) mass is 594 g/mol. The van der Waals surface area contributed by atoms with Gasteiger partial charge >= 0.3 is 7.12 Å². The molecule has 0 radical (unpaired) electrons. The summed E-state index contributed by atoms with van der Waals surface area (Å²) in [7, 11) is -1.00. The topological polar surface area (TPSA) is 112 Å². The first-order valence-electron chi connectivity index (χ1n) is 15.6. The molecule has 3 heterocycles. The van der Waals surface area contributed by atoms with Crippen molar-refractivity contribution in [2.24, 2.45) is 17.8 Å². The lowest BCUT2D eigenvalue weighted by Crippen LogP contribution is -2.46. The van der Waals surface area contributed by atoms with Crippen molar-refractivity contribution in [1.29, 1.82) is 0 Å². The van der Waals surface area contributed by atoms with Crippen LogP contribution < -0.4 is 10.2 Å². The summed E-state index contributed by atoms with van der Waals surface area (Å²) in [5.41, 5.74) is 5.82. The maximum Gasteiger partial charge on any atom is 0.455 e. The Balaban J connectivity index is 1.22. The molecule has 0 saturated carbocycles. The number of allylic oxidation sites excluding steroid dienone is 2. The van der Waals surface area contributed by atoms with Crippen LogP contribution in [0.5, 0.6) is 0 Å². The second-order valence-corrected chi connectivity index (χ2v) is 11.9. The van der Waals surface area contributed by atoms with Gasteiger partial charge in [0.15, 0.2) is 0 Å². The maximum absolute atomic E-state index is 14.0. The number of para-hydroxylation sites is 1. The number of carbonyl (C=O) groups excluding carboxylic acids is 2. The molecule has 3 aliphatic rings. The van der Waals surface area contributed by atoms with Crippen molar-refractivity contribution < 1.29 is 28.8 Å². The number of hydrogen-bond donors (Lipinski definition) is 3. The molecule has 0 spiro atoms. The van der Waals surface area contributed by atoms with Gasteiger partial charge in [-0.2, -0.15) is 0 Å². The second-order valence-electron chi connectivity index (χ2n) is 11.9. The minimum Gasteiger partial charge on any atom is -0.459 e. The van der Waals surface area contributed by atoms with Crippen LogP contribution in [-0.2, 0) is 20.9 Å². The van der Waals surface area contributed by atoms with E-state index in [1.165, 1.54) is 16.0 Å². The Morgan fingerprint density at radius 2 is 1.75 bits per heavy atom. The van der Waals surface area contributed by atoms with Gasteiger partial charge in [0.1, 0.15) is 18.1 Å². The van der Waals surface area contributed by atoms with Gasteiger partial charge in [-0.3, -0.25) is 14.5 Å². The number of nitrogens with one attached hydrogen (secondary N) is 1. The molecule has 3 N–H and O–H groups in total. The van der Waals surface area contributed by atoms with Crippen molar-refractivity contribution >= 4 is 42.1 Å². The molecule has 2 fully saturated rings. The third-order valence-corrected chi connectivity index (χ3v) is 9.29. The standard InChI is InChI=1S/C35H39BN2O6/c1-3-22(18-27-15-16-28(21-39)43-27)10-17-31-32-23(4-2)19-29-33(30(32)20-36(42)44-31)35(41)38(34(29)40)26-13-11-25(12-14-26)37-24-8-6-5-7-9-24/h5-9,11-16,18,29-31,33,37,39,42H,3-4,10,17,19-21H2,1-2H3/b22-18+/t29-,30+,31-,33-/m1/s1. The number of nitrogens with zero attached hydrogens (tertiary/aromatic N) is 1. The Hall–Kier alpha value is -3.92. The van der Waals surface area contributed by atoms with E-state index in [2.05, 4.69) is 19.2 Å². The number of aliphatic hydroxyl groups excluding tert-OH is 1. The number of amides is 2. The van der Waals surface area contributed by atoms with Crippen LogP contribution in [0.3, 0.4) is 0 Å². The first-order valence-corrected chi connectivity index (χ1v) is 15.6. The van der Waals surface area contributed by atoms with E-state index >= 15 is 0 Å². The van der Waals surface area contributed by atoms with E-state index in [0.717, 1.165) is 36.2 Å². The Labute approximate surface area is 258 Å². The van der Waals surface area contributed by atoms with Gasteiger partial charge in [-0.05, 0) is 105 Å². The second kappa shape index (κ2) is 13.0. The highest BCUT2D eigenvalue weighted by atomic mass is 16.5. The molecule has 4 atom stereocenters. The Morgan fingerprint density at radius 1 is 1.00 bits per heavy atom. The zero-order valence-electron chi connectivity index (χ0n) is 25.2. The van der Waals surface area contributed by atoms with E-state index in [1.54, 1.807) is 6.07 Å². The molecular formula is C35H39BN2O6. The smallest absolute Gasteiger partial charge is 0.455 e. The molecule has 0 bridgehead atoms. The van der Waals surface area contributed by atoms with Crippen molar-refractivity contribution in [3.63, 3.8) is 0 Å². The number of hydrogen-bond acceptors (Lipinski definition) is 7. The average molecular weight is 595 g/mol. The predicted octanol–water partition coefficient (Wildman–Crippen LogP) is 6.50. The van der Waals surface area contributed by atoms with Gasteiger partial charge in [0.25, 0.3) is 0 Å². The number of rotatable bonds is 10. The van der Waals surface area contributed by atoms with Crippen molar-refractivity contribution in [1.82, 2.24) is 0 Å². The molecule has 3 aromatic rings. The lowest BCUT2D eigenvalue weighted by molar-refractivity contribution is -0.122. The Kier molecular flexibility index (Phi) is 8.89. The number of furan rings is 1. The van der Waals surface area contributed by atoms with Crippen LogP contribution >= 0.6 is 0 Å². The highest BCUT2D eigenvalue weighted by Crippen LogP contribution is 2.52. The van der Waals surface area contributed by atoms with Crippen LogP contribution in [0.25, 0.3) is 6.08 Å². The van der Waals surface area contributed by atoms with E-state index in [4.69, 9.17) is 9.07 Å². The maximum atomic E-state index is 14.0. The largest absolute Gasteiger partial charge is 0.459 e. The van der Waals surface area contributed by atoms with Crippen molar-refractivity contribution in [2.75, 3.05) is 10.2 Å². The molecule has 2 aromatic carbocycles. The van der Waals surface area contributed by atoms with Gasteiger partial charge in [0.05, 0.1) is 23.6 Å². The SMILES string of the molecule is CCC1=C2[C@@H](CC/C(=C/c3ccc(CO)o3)CC)OB(O)C[C@@H]2[C@@H]2C(=O)N(c3ccc(Nc4ccccc4)cc3)C(=O)[C@@H]2C1. The fourth-order valence-electron chi connectivity index (χ4n) is 7.16. The summed E-state index contributed by atoms with van der Waals surface area (Å²) in [6, 6.07) is 20.8. The number of carbonyl (C=O) groups is 2. The van der Waals surface area contributed by atoms with Crippen molar-refractivity contribution in [2.45, 2.75) is 65.0 Å². The molecule has 2 saturated heterocycles. The first kappa shape index (κ1) is 30.1. The van der Waals surface area contributed by atoms with Crippen molar-refractivity contribution in [3.8, 4) is 0 Å². The van der Waals surface area contributed by atoms with Gasteiger partial charge in [-0.15, -0.1) is 0 Å². The van der Waals surface area contributed by atoms with Gasteiger partial charge in [0, 0.05) is 11.4 Å². The molecular weight excluding hydrogens is 555 g/mol. The van der Waals surface area contributed by atoms with Gasteiger partial charge in [-0.1, -0.05) is 43.2 Å². The summed E-state index contributed by atoms with van der Waals surface area (Å²) in [5, 5.41) is 23.5. The van der Waals surface area contributed by atoms with E-state index < -0.39 is 19.0 Å². The molecule has 0 unspecified atom stereocenters. The fourth-order valence-corrected chi connectivity index (χ4v) is 7.16. The highest BCUT2D eigenvalue weighted by molar-refractivity contribution is 6.43. The van der Waals surface area contributed by atoms with E-state index in [-0.39, 0.29) is 30.4 Å². The van der Waals surface area contributed by atoms with E-state index in [9.17, 15) is 19.7 Å². The van der Waals surface area contributed by atoms with Gasteiger partial charge < -0.3 is 24.5 Å². The summed E-state index contributed by atoms with van der Waals surface area (Å²) in [5.74, 6) is -0.343. The van der Waals surface area contributed by atoms with Crippen molar-refractivity contribution in [3.05, 3.63) is 95.0 Å². The van der Waals surface area contributed by atoms with Crippen LogP contribution in [0.15, 0.2) is 87.9 Å². The third-order valence-electron chi connectivity index (χ3n) is 9.29. The zero-order valence-corrected chi connectivity index (χ0v) is 25.2. The molecule has 2 amide bonds. The molecule has 1 aromatic heterocycles. The summed E-state index contributed by atoms with van der Waals surface area (Å²) in [6.07, 6.45) is 5.46. The number of benzene rings is 2. The van der Waals surface area contributed by atoms with Gasteiger partial charge in [0.2, 0.25) is 11.8 Å². The zero-order chi connectivity index (χ0) is 30.8. The minimum absolute atomic E-state index is 0.143. The third kappa shape index (κ3) is 5.92. The van der Waals surface area contributed by atoms with E-state index in [1.807, 2.05) is 66.7 Å². The molecule has 8 nitrogen and oxygen atoms in total. The Morgan fingerprint density at radius 3 is 2.43 bits per heavy atom. The number of fused-ring (bicyclic) bond motifs is 3. The van der Waals surface area contributed by atoms with Gasteiger partial charge in [-0.25, -0.2) is 0 Å². The average Bonchev–Trinajstić information content (AvgIpc) is 3.60. The summed E-state index contributed by atoms with van der Waals surface area (Å²) >= 11 is 0. The van der Waals surface area contributed by atoms with Crippen LogP contribution in [0.1, 0.15) is 57.5 Å². The summed E-state index contributed by atoms with van der Waals surface area (Å²) in [4.78, 5) is 29.2. The quantitative estimate of drug-likeness (QED) is 0.140. The number of imide groups is 1. The summed E-state index contributed by atoms with van der Waals surface area (Å²) < 4.78 is 11.8. The van der Waals surface area contributed by atoms with Crippen LogP contribution in [-0.4, -0.2) is 35.2 Å². The number of aliphatic hydroxyl groups is 1. The minimum atomic E-state index is -1.00. The lowest BCUT2D eigenvalue weighted by atomic mass is 9.58. The summed E-state index contributed by atoms with van der Waals surface area (Å²) in [6.45, 7) is 4.03. The fraction of sp³-hybridized carbons (Fsp3) is 0.371. The molecule has 1 aliphatic carbocycles. The van der Waals surface area contributed by atoms with Crippen LogP contribution in [0.2, 0.25) is 6.32 Å². The highest BCUT2D eigenvalue weighted by Gasteiger charge is 2.57. The molecule has 228 valence electrons. The molecule has 9 heteroatoms. The first-order chi connectivity index (χ1) is 21.4. The Bertz CT molecular complexity index is 1560. The number of anilines is 3. The molecule has 6 rings (SSSR count). The molecule has 44 heavy (non-hydrogen) atoms. The van der Waals surface area contributed by atoms with E-state index in [0.29, 0.717) is 36.4 Å². The van der Waals surface area contributed by atoms with Crippen LogP contribution in [0, 0.1) is 17.8 Å². The van der Waals surface area contributed by atoms with Crippen LogP contribution in [0.4, 0.5) is 17.1 Å². The predicted molar refractivity (Wildman–Crippen MR) is 171 cm³/mol.